The van der Waals surface area contributed by atoms with Crippen LogP contribution in [0.1, 0.15) is 19.3 Å². The Morgan fingerprint density at radius 1 is 1.44 bits per heavy atom. The number of ether oxygens (including phenoxy) is 1. The minimum atomic E-state index is -4.56. The Labute approximate surface area is 115 Å². The predicted octanol–water partition coefficient (Wildman–Crippen LogP) is -4.66. The van der Waals surface area contributed by atoms with Crippen LogP contribution in [0.5, 0.6) is 0 Å². The quantitative estimate of drug-likeness (QED) is 0.290. The SMILES string of the molecule is COC(=O)C(CCCC(=O)[O-])S(=O)(=O)O.[Na+]. The summed E-state index contributed by atoms with van der Waals surface area (Å²) in [5.41, 5.74) is 0. The average molecular weight is 262 g/mol. The van der Waals surface area contributed by atoms with E-state index in [1.54, 1.807) is 0 Å². The van der Waals surface area contributed by atoms with E-state index in [1.807, 2.05) is 0 Å². The maximum absolute atomic E-state index is 10.9. The van der Waals surface area contributed by atoms with Crippen LogP contribution < -0.4 is 34.7 Å². The number of carboxylic acids is 1. The van der Waals surface area contributed by atoms with Crippen molar-refractivity contribution in [2.75, 3.05) is 7.11 Å². The first kappa shape index (κ1) is 18.2. The normalized spacial score (nSPS) is 12.4. The molecule has 16 heavy (non-hydrogen) atoms. The monoisotopic (exact) mass is 262 g/mol. The number of hydrogen-bond donors (Lipinski definition) is 1. The van der Waals surface area contributed by atoms with E-state index in [0.29, 0.717) is 0 Å². The number of hydrogen-bond acceptors (Lipinski definition) is 6. The molecular weight excluding hydrogens is 251 g/mol. The van der Waals surface area contributed by atoms with Gasteiger partial charge in [-0.25, -0.2) is 0 Å². The zero-order valence-corrected chi connectivity index (χ0v) is 11.8. The Morgan fingerprint density at radius 2 is 1.94 bits per heavy atom. The Kier molecular flexibility index (Phi) is 9.13. The van der Waals surface area contributed by atoms with E-state index in [2.05, 4.69) is 4.74 Å². The van der Waals surface area contributed by atoms with Gasteiger partial charge in [0.25, 0.3) is 10.1 Å². The maximum atomic E-state index is 10.9. The van der Waals surface area contributed by atoms with E-state index in [4.69, 9.17) is 4.55 Å². The fourth-order valence-corrected chi connectivity index (χ4v) is 1.76. The molecule has 0 saturated heterocycles. The first-order valence-electron chi connectivity index (χ1n) is 4.03. The third kappa shape index (κ3) is 7.18. The van der Waals surface area contributed by atoms with Crippen molar-refractivity contribution in [3.63, 3.8) is 0 Å². The number of methoxy groups -OCH3 is 1. The summed E-state index contributed by atoms with van der Waals surface area (Å²) in [7, 11) is -3.59. The molecule has 9 heteroatoms. The molecule has 0 bridgehead atoms. The third-order valence-electron chi connectivity index (χ3n) is 1.67. The smallest absolute Gasteiger partial charge is 0.550 e. The molecule has 88 valence electrons. The van der Waals surface area contributed by atoms with Crippen LogP contribution in [0.4, 0.5) is 0 Å². The van der Waals surface area contributed by atoms with Gasteiger partial charge in [0.15, 0.2) is 5.25 Å². The van der Waals surface area contributed by atoms with Crippen LogP contribution in [0.15, 0.2) is 0 Å². The van der Waals surface area contributed by atoms with Crippen molar-refractivity contribution in [3.05, 3.63) is 0 Å². The molecule has 0 fully saturated rings. The Balaban J connectivity index is 0. The van der Waals surface area contributed by atoms with E-state index in [-0.39, 0.29) is 48.8 Å². The molecule has 0 aromatic heterocycles. The van der Waals surface area contributed by atoms with Gasteiger partial charge >= 0.3 is 35.5 Å². The predicted molar refractivity (Wildman–Crippen MR) is 46.2 cm³/mol. The summed E-state index contributed by atoms with van der Waals surface area (Å²) in [5, 5.41) is 8.30. The second kappa shape index (κ2) is 8.02. The molecule has 1 unspecified atom stereocenters. The molecule has 0 aromatic carbocycles. The molecule has 0 saturated carbocycles. The van der Waals surface area contributed by atoms with Crippen molar-refractivity contribution in [3.8, 4) is 0 Å². The molecule has 0 heterocycles. The summed E-state index contributed by atoms with van der Waals surface area (Å²) in [6, 6.07) is 0. The second-order valence-electron chi connectivity index (χ2n) is 2.79. The minimum Gasteiger partial charge on any atom is -0.550 e. The van der Waals surface area contributed by atoms with Crippen molar-refractivity contribution in [2.24, 2.45) is 0 Å². The van der Waals surface area contributed by atoms with Crippen LogP contribution in [0.3, 0.4) is 0 Å². The maximum Gasteiger partial charge on any atom is 1.00 e. The molecule has 0 aliphatic carbocycles. The summed E-state index contributed by atoms with van der Waals surface area (Å²) >= 11 is 0. The number of carboxylic acid groups (broad SMARTS) is 1. The zero-order valence-electron chi connectivity index (χ0n) is 9.00. The van der Waals surface area contributed by atoms with Gasteiger partial charge in [0, 0.05) is 5.97 Å². The van der Waals surface area contributed by atoms with E-state index in [9.17, 15) is 23.1 Å². The van der Waals surface area contributed by atoms with E-state index in [1.165, 1.54) is 0 Å². The summed E-state index contributed by atoms with van der Waals surface area (Å²) < 4.78 is 34.2. The van der Waals surface area contributed by atoms with Crippen molar-refractivity contribution in [2.45, 2.75) is 24.5 Å². The second-order valence-corrected chi connectivity index (χ2v) is 4.39. The van der Waals surface area contributed by atoms with Gasteiger partial charge in [0.05, 0.1) is 7.11 Å². The number of carbonyl (C=O) groups is 2. The fourth-order valence-electron chi connectivity index (χ4n) is 0.952. The van der Waals surface area contributed by atoms with E-state index < -0.39 is 27.3 Å². The first-order chi connectivity index (χ1) is 6.79. The summed E-state index contributed by atoms with van der Waals surface area (Å²) in [4.78, 5) is 20.9. The molecule has 0 radical (unpaired) electrons. The van der Waals surface area contributed by atoms with Crippen LogP contribution in [0.2, 0.25) is 0 Å². The molecule has 0 rings (SSSR count). The third-order valence-corrected chi connectivity index (χ3v) is 2.82. The van der Waals surface area contributed by atoms with Crippen molar-refractivity contribution < 1.29 is 62.0 Å². The zero-order chi connectivity index (χ0) is 12.1. The Morgan fingerprint density at radius 3 is 2.25 bits per heavy atom. The first-order valence-corrected chi connectivity index (χ1v) is 5.53. The summed E-state index contributed by atoms with van der Waals surface area (Å²) in [6.07, 6.45) is -0.801. The number of rotatable bonds is 6. The van der Waals surface area contributed by atoms with Gasteiger partial charge in [0.2, 0.25) is 0 Å². The van der Waals surface area contributed by atoms with Gasteiger partial charge in [-0.3, -0.25) is 9.35 Å². The largest absolute Gasteiger partial charge is 1.00 e. The van der Waals surface area contributed by atoms with Gasteiger partial charge in [-0.1, -0.05) is 0 Å². The van der Waals surface area contributed by atoms with E-state index in [0.717, 1.165) is 7.11 Å². The van der Waals surface area contributed by atoms with Crippen LogP contribution in [0.25, 0.3) is 0 Å². The molecule has 0 aromatic rings. The molecule has 7 nitrogen and oxygen atoms in total. The molecule has 0 aliphatic rings. The van der Waals surface area contributed by atoms with Gasteiger partial charge < -0.3 is 14.6 Å². The summed E-state index contributed by atoms with van der Waals surface area (Å²) in [5.74, 6) is -2.47. The van der Waals surface area contributed by atoms with Crippen LogP contribution in [-0.4, -0.2) is 37.3 Å². The average Bonchev–Trinajstić information content (AvgIpc) is 2.09. The Hall–Kier alpha value is -0.150. The summed E-state index contributed by atoms with van der Waals surface area (Å²) in [6.45, 7) is 0. The number of carbonyl (C=O) groups excluding carboxylic acids is 2. The van der Waals surface area contributed by atoms with Crippen molar-refractivity contribution in [1.82, 2.24) is 0 Å². The number of esters is 1. The van der Waals surface area contributed by atoms with Crippen molar-refractivity contribution in [1.29, 1.82) is 0 Å². The standard InChI is InChI=1S/C7H12O7S.Na/c1-14-7(10)5(15(11,12)13)3-2-4-6(8)9;/h5H,2-4H2,1H3,(H,8,9)(H,11,12,13);/q;+1/p-1. The van der Waals surface area contributed by atoms with Gasteiger partial charge in [-0.15, -0.1) is 0 Å². The molecule has 0 amide bonds. The number of aliphatic carboxylic acids is 1. The van der Waals surface area contributed by atoms with Crippen LogP contribution in [0, 0.1) is 0 Å². The van der Waals surface area contributed by atoms with Crippen molar-refractivity contribution >= 4 is 22.1 Å². The molecular formula is C7H11NaO7S. The molecule has 1 N–H and O–H groups in total. The van der Waals surface area contributed by atoms with Crippen LogP contribution in [-0.2, 0) is 24.4 Å². The Bertz CT molecular complexity index is 337. The molecule has 1 atom stereocenters. The van der Waals surface area contributed by atoms with Crippen LogP contribution >= 0.6 is 0 Å². The topological polar surface area (TPSA) is 121 Å². The van der Waals surface area contributed by atoms with Gasteiger partial charge in [0.1, 0.15) is 0 Å². The van der Waals surface area contributed by atoms with Gasteiger partial charge in [-0.2, -0.15) is 8.42 Å². The fraction of sp³-hybridized carbons (Fsp3) is 0.714. The van der Waals surface area contributed by atoms with E-state index >= 15 is 0 Å². The molecule has 0 aliphatic heterocycles. The van der Waals surface area contributed by atoms with Gasteiger partial charge in [-0.05, 0) is 19.3 Å². The minimum absolute atomic E-state index is 0. The molecule has 0 spiro atoms.